The minimum Gasteiger partial charge on any atom is -0.508 e. The van der Waals surface area contributed by atoms with Crippen LogP contribution in [0.5, 0.6) is 5.75 Å². The number of alkyl halides is 1. The van der Waals surface area contributed by atoms with Gasteiger partial charge in [-0.2, -0.15) is 0 Å². The van der Waals surface area contributed by atoms with Gasteiger partial charge in [0.15, 0.2) is 0 Å². The van der Waals surface area contributed by atoms with Gasteiger partial charge in [-0.25, -0.2) is 0 Å². The van der Waals surface area contributed by atoms with Crippen LogP contribution in [-0.4, -0.2) is 16.2 Å². The zero-order valence-electron chi connectivity index (χ0n) is 13.5. The second-order valence-electron chi connectivity index (χ2n) is 7.26. The van der Waals surface area contributed by atoms with Crippen LogP contribution >= 0.6 is 27.7 Å². The molecule has 0 fully saturated rings. The van der Waals surface area contributed by atoms with Crippen molar-refractivity contribution in [2.45, 2.75) is 63.7 Å². The summed E-state index contributed by atoms with van der Waals surface area (Å²) < 4.78 is 0. The van der Waals surface area contributed by atoms with Crippen molar-refractivity contribution in [3.63, 3.8) is 0 Å². The average molecular weight is 359 g/mol. The van der Waals surface area contributed by atoms with Gasteiger partial charge in [0, 0.05) is 10.2 Å². The largest absolute Gasteiger partial charge is 0.508 e. The molecule has 0 heterocycles. The van der Waals surface area contributed by atoms with E-state index in [0.717, 1.165) is 17.5 Å². The minimum absolute atomic E-state index is 0.0372. The Balaban J connectivity index is 3.38. The van der Waals surface area contributed by atoms with Gasteiger partial charge in [0.05, 0.1) is 0 Å². The molecule has 0 aliphatic heterocycles. The number of halogens is 1. The van der Waals surface area contributed by atoms with E-state index in [9.17, 15) is 5.11 Å². The van der Waals surface area contributed by atoms with Crippen LogP contribution in [0.15, 0.2) is 17.0 Å². The van der Waals surface area contributed by atoms with Crippen LogP contribution in [0.3, 0.4) is 0 Å². The second-order valence-corrected chi connectivity index (χ2v) is 9.16. The van der Waals surface area contributed by atoms with Gasteiger partial charge in [0.25, 0.3) is 0 Å². The molecule has 0 spiro atoms. The van der Waals surface area contributed by atoms with Gasteiger partial charge in [0.2, 0.25) is 0 Å². The minimum atomic E-state index is 0.0372. The summed E-state index contributed by atoms with van der Waals surface area (Å²) in [6.07, 6.45) is 1.15. The molecule has 1 N–H and O–H groups in total. The van der Waals surface area contributed by atoms with E-state index in [1.54, 1.807) is 0 Å². The van der Waals surface area contributed by atoms with E-state index < -0.39 is 0 Å². The number of hydrogen-bond donors (Lipinski definition) is 1. The molecular weight excluding hydrogens is 332 g/mol. The molecule has 0 aliphatic rings. The third kappa shape index (κ3) is 4.70. The number of benzene rings is 1. The summed E-state index contributed by atoms with van der Waals surface area (Å²) in [5, 5.41) is 11.1. The summed E-state index contributed by atoms with van der Waals surface area (Å²) in [4.78, 5) is 1.35. The predicted octanol–water partition coefficient (Wildman–Crippen LogP) is 5.86. The molecule has 0 bridgehead atoms. The maximum Gasteiger partial charge on any atom is 0.116 e. The van der Waals surface area contributed by atoms with E-state index in [2.05, 4.69) is 57.5 Å². The topological polar surface area (TPSA) is 20.2 Å². The molecule has 1 aromatic rings. The van der Waals surface area contributed by atoms with Crippen molar-refractivity contribution in [1.29, 1.82) is 0 Å². The molecule has 20 heavy (non-hydrogen) atoms. The van der Waals surface area contributed by atoms with Gasteiger partial charge in [-0.05, 0) is 46.3 Å². The fourth-order valence-electron chi connectivity index (χ4n) is 2.11. The lowest BCUT2D eigenvalue weighted by Crippen LogP contribution is -2.19. The number of hydrogen-bond acceptors (Lipinski definition) is 2. The molecule has 1 rings (SSSR count). The molecule has 0 saturated heterocycles. The van der Waals surface area contributed by atoms with E-state index in [1.165, 1.54) is 16.0 Å². The molecule has 0 unspecified atom stereocenters. The molecule has 0 atom stereocenters. The predicted molar refractivity (Wildman–Crippen MR) is 94.6 cm³/mol. The first-order valence-electron chi connectivity index (χ1n) is 7.14. The summed E-state index contributed by atoms with van der Waals surface area (Å²) >= 11 is 5.42. The normalized spacial score (nSPS) is 12.8. The Kier molecular flexibility index (Phi) is 6.03. The van der Waals surface area contributed by atoms with E-state index in [4.69, 9.17) is 0 Å². The van der Waals surface area contributed by atoms with Crippen molar-refractivity contribution in [1.82, 2.24) is 0 Å². The first kappa shape index (κ1) is 17.9. The van der Waals surface area contributed by atoms with Crippen LogP contribution in [0.4, 0.5) is 0 Å². The SMILES string of the molecule is CC(C)(C)c1cc(O)cc(C(C)(C)C)c1SCCCBr. The number of phenols is 1. The monoisotopic (exact) mass is 358 g/mol. The fraction of sp³-hybridized carbons (Fsp3) is 0.647. The second kappa shape index (κ2) is 6.74. The highest BCUT2D eigenvalue weighted by molar-refractivity contribution is 9.09. The van der Waals surface area contributed by atoms with Crippen molar-refractivity contribution in [2.24, 2.45) is 0 Å². The maximum atomic E-state index is 10.1. The smallest absolute Gasteiger partial charge is 0.116 e. The van der Waals surface area contributed by atoms with Gasteiger partial charge < -0.3 is 5.11 Å². The van der Waals surface area contributed by atoms with Crippen molar-refractivity contribution in [2.75, 3.05) is 11.1 Å². The van der Waals surface area contributed by atoms with Crippen LogP contribution in [0.2, 0.25) is 0 Å². The molecule has 0 saturated carbocycles. The zero-order chi connectivity index (χ0) is 15.6. The van der Waals surface area contributed by atoms with Crippen molar-refractivity contribution >= 4 is 27.7 Å². The molecule has 0 radical (unpaired) electrons. The Labute approximate surface area is 136 Å². The van der Waals surface area contributed by atoms with Crippen LogP contribution in [0.25, 0.3) is 0 Å². The Bertz CT molecular complexity index is 420. The summed E-state index contributed by atoms with van der Waals surface area (Å²) in [5.74, 6) is 1.48. The van der Waals surface area contributed by atoms with Crippen LogP contribution in [0.1, 0.15) is 59.1 Å². The Morgan fingerprint density at radius 3 is 1.80 bits per heavy atom. The molecular formula is C17H27BrOS. The van der Waals surface area contributed by atoms with Crippen molar-refractivity contribution in [3.8, 4) is 5.75 Å². The highest BCUT2D eigenvalue weighted by atomic mass is 79.9. The van der Waals surface area contributed by atoms with Crippen molar-refractivity contribution < 1.29 is 5.11 Å². The van der Waals surface area contributed by atoms with E-state index >= 15 is 0 Å². The van der Waals surface area contributed by atoms with Gasteiger partial charge in [0.1, 0.15) is 5.75 Å². The van der Waals surface area contributed by atoms with Crippen molar-refractivity contribution in [3.05, 3.63) is 23.3 Å². The first-order valence-corrected chi connectivity index (χ1v) is 9.25. The lowest BCUT2D eigenvalue weighted by Gasteiger charge is -2.30. The lowest BCUT2D eigenvalue weighted by atomic mass is 9.80. The molecule has 0 aliphatic carbocycles. The third-order valence-electron chi connectivity index (χ3n) is 3.21. The maximum absolute atomic E-state index is 10.1. The highest BCUT2D eigenvalue weighted by Gasteiger charge is 2.26. The van der Waals surface area contributed by atoms with Crippen LogP contribution < -0.4 is 0 Å². The lowest BCUT2D eigenvalue weighted by molar-refractivity contribution is 0.462. The van der Waals surface area contributed by atoms with E-state index in [1.807, 2.05) is 23.9 Å². The Hall–Kier alpha value is -0.150. The number of rotatable bonds is 4. The number of aromatic hydroxyl groups is 1. The molecule has 1 aromatic carbocycles. The van der Waals surface area contributed by atoms with Crippen LogP contribution in [-0.2, 0) is 10.8 Å². The average Bonchev–Trinajstić information content (AvgIpc) is 2.28. The van der Waals surface area contributed by atoms with E-state index in [0.29, 0.717) is 5.75 Å². The fourth-order valence-corrected chi connectivity index (χ4v) is 4.30. The summed E-state index contributed by atoms with van der Waals surface area (Å²) in [6, 6.07) is 3.87. The van der Waals surface area contributed by atoms with Gasteiger partial charge in [-0.15, -0.1) is 11.8 Å². The molecule has 0 aromatic heterocycles. The van der Waals surface area contributed by atoms with Crippen LogP contribution in [0, 0.1) is 0 Å². The summed E-state index contributed by atoms with van der Waals surface area (Å²) in [5.41, 5.74) is 2.58. The summed E-state index contributed by atoms with van der Waals surface area (Å²) in [6.45, 7) is 13.3. The molecule has 1 nitrogen and oxygen atoms in total. The van der Waals surface area contributed by atoms with Gasteiger partial charge in [-0.1, -0.05) is 57.5 Å². The van der Waals surface area contributed by atoms with E-state index in [-0.39, 0.29) is 10.8 Å². The Morgan fingerprint density at radius 1 is 1.00 bits per heavy atom. The highest BCUT2D eigenvalue weighted by Crippen LogP contribution is 2.42. The quantitative estimate of drug-likeness (QED) is 0.412. The molecule has 3 heteroatoms. The molecule has 114 valence electrons. The third-order valence-corrected chi connectivity index (χ3v) is 5.00. The number of phenolic OH excluding ortho intramolecular Hbond substituents is 1. The van der Waals surface area contributed by atoms with Gasteiger partial charge >= 0.3 is 0 Å². The summed E-state index contributed by atoms with van der Waals surface area (Å²) in [7, 11) is 0. The number of thioether (sulfide) groups is 1. The standard InChI is InChI=1S/C17H27BrOS/c1-16(2,3)13-10-12(19)11-14(17(4,5)6)15(13)20-9-7-8-18/h10-11,19H,7-9H2,1-6H3. The first-order chi connectivity index (χ1) is 9.07. The van der Waals surface area contributed by atoms with Gasteiger partial charge in [-0.3, -0.25) is 0 Å². The molecule has 0 amide bonds. The zero-order valence-corrected chi connectivity index (χ0v) is 15.9. The Morgan fingerprint density at radius 2 is 1.45 bits per heavy atom.